The average Bonchev–Trinajstić information content (AvgIpc) is 2.37. The van der Waals surface area contributed by atoms with Gasteiger partial charge in [-0.25, -0.2) is 9.59 Å². The molecule has 0 saturated carbocycles. The minimum Gasteiger partial charge on any atom is -0.475 e. The first-order valence-electron chi connectivity index (χ1n) is 5.46. The van der Waals surface area contributed by atoms with Crippen LogP contribution in [-0.2, 0) is 14.4 Å². The quantitative estimate of drug-likeness (QED) is 0.502. The van der Waals surface area contributed by atoms with Gasteiger partial charge in [0.05, 0.1) is 11.8 Å². The molecule has 0 aromatic heterocycles. The number of amides is 1. The number of carbonyl (C=O) groups excluding carboxylic acids is 1. The molecule has 2 rings (SSSR count). The zero-order chi connectivity index (χ0) is 18.4. The summed E-state index contributed by atoms with van der Waals surface area (Å²) in [6, 6.07) is 0. The topological polar surface area (TPSA) is 94.9 Å². The number of carboxylic acids is 2. The van der Waals surface area contributed by atoms with Crippen LogP contribution in [0.1, 0.15) is 6.42 Å². The highest BCUT2D eigenvalue weighted by atomic mass is 32.2. The first-order valence-corrected chi connectivity index (χ1v) is 6.51. The largest absolute Gasteiger partial charge is 0.490 e. The van der Waals surface area contributed by atoms with Gasteiger partial charge in [0.25, 0.3) is 0 Å². The zero-order valence-corrected chi connectivity index (χ0v) is 11.7. The van der Waals surface area contributed by atoms with Crippen LogP contribution in [0.5, 0.6) is 0 Å². The lowest BCUT2D eigenvalue weighted by Crippen LogP contribution is -2.48. The maximum atomic E-state index is 10.7. The summed E-state index contributed by atoms with van der Waals surface area (Å²) in [6.45, 7) is 0. The Hall–Kier alpha value is -1.92. The molecule has 0 aromatic carbocycles. The molecule has 2 heterocycles. The molecule has 132 valence electrons. The smallest absolute Gasteiger partial charge is 0.475 e. The van der Waals surface area contributed by atoms with Crippen LogP contribution < -0.4 is 0 Å². The Morgan fingerprint density at radius 2 is 1.48 bits per heavy atom. The highest BCUT2D eigenvalue weighted by molar-refractivity contribution is 8.00. The van der Waals surface area contributed by atoms with Crippen molar-refractivity contribution in [1.82, 2.24) is 4.90 Å². The molecule has 0 radical (unpaired) electrons. The number of aliphatic carboxylic acids is 2. The van der Waals surface area contributed by atoms with E-state index in [4.69, 9.17) is 19.8 Å². The highest BCUT2D eigenvalue weighted by Crippen LogP contribution is 2.32. The van der Waals surface area contributed by atoms with Gasteiger partial charge in [-0.3, -0.25) is 4.79 Å². The van der Waals surface area contributed by atoms with Crippen molar-refractivity contribution >= 4 is 29.6 Å². The van der Waals surface area contributed by atoms with Crippen molar-refractivity contribution in [3.8, 4) is 0 Å². The van der Waals surface area contributed by atoms with Gasteiger partial charge < -0.3 is 15.1 Å². The third-order valence-electron chi connectivity index (χ3n) is 2.08. The van der Waals surface area contributed by atoms with Gasteiger partial charge in [0.15, 0.2) is 0 Å². The van der Waals surface area contributed by atoms with E-state index in [1.54, 1.807) is 4.90 Å². The Bertz CT molecular complexity index is 465. The molecule has 13 heteroatoms. The number of fused-ring (bicyclic) bond motifs is 1. The van der Waals surface area contributed by atoms with Gasteiger partial charge in [-0.05, 0) is 0 Å². The number of thioether (sulfide) groups is 1. The van der Waals surface area contributed by atoms with Gasteiger partial charge in [0.2, 0.25) is 5.91 Å². The molecule has 23 heavy (non-hydrogen) atoms. The van der Waals surface area contributed by atoms with E-state index in [0.717, 1.165) is 12.2 Å². The van der Waals surface area contributed by atoms with Gasteiger partial charge in [0.1, 0.15) is 0 Å². The van der Waals surface area contributed by atoms with E-state index in [0.29, 0.717) is 5.37 Å². The second-order valence-electron chi connectivity index (χ2n) is 3.78. The Morgan fingerprint density at radius 1 is 1.09 bits per heavy atom. The number of carbonyl (C=O) groups is 3. The van der Waals surface area contributed by atoms with Gasteiger partial charge in [-0.2, -0.15) is 26.3 Å². The molecule has 1 saturated heterocycles. The Labute approximate surface area is 128 Å². The number of β-lactam (4-membered cyclic amide) rings is 1. The Morgan fingerprint density at radius 3 is 1.70 bits per heavy atom. The molecule has 6 nitrogen and oxygen atoms in total. The van der Waals surface area contributed by atoms with Crippen LogP contribution in [-0.4, -0.2) is 56.4 Å². The van der Waals surface area contributed by atoms with E-state index >= 15 is 0 Å². The van der Waals surface area contributed by atoms with Crippen molar-refractivity contribution in [3.63, 3.8) is 0 Å². The molecule has 2 aliphatic rings. The summed E-state index contributed by atoms with van der Waals surface area (Å²) in [5, 5.41) is 14.7. The number of hydrogen-bond donors (Lipinski definition) is 2. The second-order valence-corrected chi connectivity index (χ2v) is 4.99. The first-order chi connectivity index (χ1) is 10.3. The van der Waals surface area contributed by atoms with E-state index in [9.17, 15) is 31.1 Å². The molecule has 0 aromatic rings. The number of nitrogens with zero attached hydrogens (tertiary/aromatic N) is 1. The van der Waals surface area contributed by atoms with Gasteiger partial charge in [0, 0.05) is 12.0 Å². The lowest BCUT2D eigenvalue weighted by atomic mass is 10.2. The maximum Gasteiger partial charge on any atom is 0.490 e. The predicted octanol–water partition coefficient (Wildman–Crippen LogP) is 2.07. The van der Waals surface area contributed by atoms with Crippen LogP contribution in [0.3, 0.4) is 0 Å². The van der Waals surface area contributed by atoms with Crippen molar-refractivity contribution in [2.24, 2.45) is 0 Å². The van der Waals surface area contributed by atoms with Crippen LogP contribution in [0.4, 0.5) is 26.3 Å². The molecular weight excluding hydrogens is 360 g/mol. The molecule has 2 N–H and O–H groups in total. The second kappa shape index (κ2) is 8.08. The van der Waals surface area contributed by atoms with Crippen molar-refractivity contribution in [1.29, 1.82) is 0 Å². The van der Waals surface area contributed by atoms with Crippen LogP contribution >= 0.6 is 11.8 Å². The normalized spacial score (nSPS) is 19.3. The van der Waals surface area contributed by atoms with E-state index in [1.807, 2.05) is 24.0 Å². The lowest BCUT2D eigenvalue weighted by Gasteiger charge is -2.39. The third-order valence-corrected chi connectivity index (χ3v) is 3.25. The summed E-state index contributed by atoms with van der Waals surface area (Å²) in [5.41, 5.74) is 0. The van der Waals surface area contributed by atoms with Gasteiger partial charge in [-0.1, -0.05) is 6.08 Å². The van der Waals surface area contributed by atoms with Crippen LogP contribution in [0, 0.1) is 0 Å². The van der Waals surface area contributed by atoms with Crippen molar-refractivity contribution in [3.05, 3.63) is 12.3 Å². The van der Waals surface area contributed by atoms with Crippen molar-refractivity contribution in [2.75, 3.05) is 5.75 Å². The van der Waals surface area contributed by atoms with E-state index < -0.39 is 24.3 Å². The van der Waals surface area contributed by atoms with E-state index in [1.165, 1.54) is 0 Å². The summed E-state index contributed by atoms with van der Waals surface area (Å²) >= 11 is 1.84. The average molecular weight is 369 g/mol. The Balaban J connectivity index is 0.000000322. The predicted molar refractivity (Wildman–Crippen MR) is 64.2 cm³/mol. The SMILES string of the molecule is O=C(O)C(F)(F)F.O=C(O)C(F)(F)F.O=C1C[C@@H]2SCC=CN12. The zero-order valence-electron chi connectivity index (χ0n) is 10.9. The minimum absolute atomic E-state index is 0.267. The number of alkyl halides is 6. The molecule has 0 bridgehead atoms. The summed E-state index contributed by atoms with van der Waals surface area (Å²) in [4.78, 5) is 30.3. The number of rotatable bonds is 0. The van der Waals surface area contributed by atoms with Crippen LogP contribution in [0.2, 0.25) is 0 Å². The fraction of sp³-hybridized carbons (Fsp3) is 0.500. The number of halogens is 6. The van der Waals surface area contributed by atoms with Gasteiger partial charge >= 0.3 is 24.3 Å². The maximum absolute atomic E-state index is 10.7. The molecule has 1 fully saturated rings. The summed E-state index contributed by atoms with van der Waals surface area (Å²) in [5.74, 6) is -4.18. The highest BCUT2D eigenvalue weighted by Gasteiger charge is 2.39. The fourth-order valence-corrected chi connectivity index (χ4v) is 2.07. The van der Waals surface area contributed by atoms with Crippen molar-refractivity contribution < 1.29 is 50.9 Å². The van der Waals surface area contributed by atoms with Crippen LogP contribution in [0.25, 0.3) is 0 Å². The molecule has 0 unspecified atom stereocenters. The Kier molecular flexibility index (Phi) is 7.40. The monoisotopic (exact) mass is 369 g/mol. The fourth-order valence-electron chi connectivity index (χ4n) is 1.04. The molecule has 1 amide bonds. The summed E-state index contributed by atoms with van der Waals surface area (Å²) < 4.78 is 63.5. The molecular formula is C10H9F6NO5S. The summed E-state index contributed by atoms with van der Waals surface area (Å²) in [7, 11) is 0. The standard InChI is InChI=1S/C6H7NOS.2C2HF3O2/c8-5-4-6-7(5)2-1-3-9-6;2*3-2(4,5)1(6)7/h1-2,6H,3-4H2;2*(H,6,7)/t6-;;/m0../s1. The number of carboxylic acid groups (broad SMARTS) is 2. The molecule has 0 spiro atoms. The molecule has 2 aliphatic heterocycles. The minimum atomic E-state index is -5.08. The van der Waals surface area contributed by atoms with Crippen molar-refractivity contribution in [2.45, 2.75) is 24.1 Å². The van der Waals surface area contributed by atoms with Gasteiger partial charge in [-0.15, -0.1) is 11.8 Å². The first kappa shape index (κ1) is 21.1. The molecule has 0 aliphatic carbocycles. The molecule has 1 atom stereocenters. The summed E-state index contributed by atoms with van der Waals surface area (Å²) in [6.07, 6.45) is -5.50. The third kappa shape index (κ3) is 7.76. The van der Waals surface area contributed by atoms with E-state index in [-0.39, 0.29) is 5.91 Å². The van der Waals surface area contributed by atoms with Crippen LogP contribution in [0.15, 0.2) is 12.3 Å². The van der Waals surface area contributed by atoms with E-state index in [2.05, 4.69) is 0 Å². The number of hydrogen-bond acceptors (Lipinski definition) is 4. The lowest BCUT2D eigenvalue weighted by molar-refractivity contribution is -0.193.